The molecule has 2 aromatic carbocycles. The summed E-state index contributed by atoms with van der Waals surface area (Å²) in [5.74, 6) is 0.883. The fourth-order valence-corrected chi connectivity index (χ4v) is 4.59. The molecular formula is C28H29N5O4. The Morgan fingerprint density at radius 3 is 2.54 bits per heavy atom. The molecule has 2 amide bonds. The SMILES string of the molecule is COc1ccc(C2=NN(C(=O)c3ccc(NC(=O)c4ccncn4)cc3)CCC2)cc1OC1CCCC1. The average Bonchev–Trinajstić information content (AvgIpc) is 3.47. The Bertz CT molecular complexity index is 1290. The first-order valence-corrected chi connectivity index (χ1v) is 12.5. The maximum absolute atomic E-state index is 13.2. The molecule has 0 spiro atoms. The summed E-state index contributed by atoms with van der Waals surface area (Å²) in [6.45, 7) is 0.538. The minimum absolute atomic E-state index is 0.193. The minimum Gasteiger partial charge on any atom is -0.493 e. The van der Waals surface area contributed by atoms with E-state index in [1.165, 1.54) is 36.4 Å². The Morgan fingerprint density at radius 2 is 1.81 bits per heavy atom. The van der Waals surface area contributed by atoms with E-state index in [2.05, 4.69) is 20.4 Å². The number of carbonyl (C=O) groups excluding carboxylic acids is 2. The van der Waals surface area contributed by atoms with Gasteiger partial charge in [-0.05, 0) is 87.1 Å². The van der Waals surface area contributed by atoms with Crippen LogP contribution in [0, 0.1) is 0 Å². The number of nitrogens with zero attached hydrogens (tertiary/aromatic N) is 4. The third kappa shape index (κ3) is 5.77. The van der Waals surface area contributed by atoms with Crippen LogP contribution in [0.15, 0.2) is 66.2 Å². The summed E-state index contributed by atoms with van der Waals surface area (Å²) >= 11 is 0. The molecule has 0 unspecified atom stereocenters. The Labute approximate surface area is 215 Å². The first kappa shape index (κ1) is 24.4. The number of hydrazone groups is 1. The van der Waals surface area contributed by atoms with Gasteiger partial charge in [0.1, 0.15) is 12.0 Å². The second-order valence-corrected chi connectivity index (χ2v) is 9.09. The number of hydrogen-bond acceptors (Lipinski definition) is 7. The van der Waals surface area contributed by atoms with Crippen molar-refractivity contribution in [3.8, 4) is 11.5 Å². The zero-order chi connectivity index (χ0) is 25.6. The molecule has 1 aliphatic carbocycles. The highest BCUT2D eigenvalue weighted by molar-refractivity contribution is 6.04. The monoisotopic (exact) mass is 499 g/mol. The molecule has 9 nitrogen and oxygen atoms in total. The summed E-state index contributed by atoms with van der Waals surface area (Å²) in [7, 11) is 1.64. The lowest BCUT2D eigenvalue weighted by molar-refractivity contribution is 0.0751. The van der Waals surface area contributed by atoms with Gasteiger partial charge in [-0.1, -0.05) is 0 Å². The van der Waals surface area contributed by atoms with E-state index in [-0.39, 0.29) is 23.6 Å². The molecule has 2 aliphatic rings. The largest absolute Gasteiger partial charge is 0.493 e. The number of aromatic nitrogens is 2. The van der Waals surface area contributed by atoms with Crippen LogP contribution >= 0.6 is 0 Å². The molecule has 1 saturated carbocycles. The van der Waals surface area contributed by atoms with Crippen LogP contribution in [0.4, 0.5) is 5.69 Å². The Hall–Kier alpha value is -4.27. The van der Waals surface area contributed by atoms with Gasteiger partial charge in [-0.3, -0.25) is 9.59 Å². The highest BCUT2D eigenvalue weighted by Crippen LogP contribution is 2.33. The standard InChI is InChI=1S/C28H29N5O4/c1-36-25-13-10-20(17-26(25)37-22-5-2-3-6-22)23-7-4-16-33(32-23)28(35)19-8-11-21(12-9-19)31-27(34)24-14-15-29-18-30-24/h8-15,17-18,22H,2-7,16H2,1H3,(H,31,34). The summed E-state index contributed by atoms with van der Waals surface area (Å²) < 4.78 is 11.8. The molecule has 9 heteroatoms. The maximum atomic E-state index is 13.2. The molecule has 190 valence electrons. The summed E-state index contributed by atoms with van der Waals surface area (Å²) in [6.07, 6.45) is 9.10. The Kier molecular flexibility index (Phi) is 7.39. The van der Waals surface area contributed by atoms with Gasteiger partial charge in [-0.15, -0.1) is 0 Å². The van der Waals surface area contributed by atoms with Gasteiger partial charge in [0.15, 0.2) is 11.5 Å². The van der Waals surface area contributed by atoms with Crippen molar-refractivity contribution in [1.29, 1.82) is 0 Å². The van der Waals surface area contributed by atoms with Crippen molar-refractivity contribution >= 4 is 23.2 Å². The van der Waals surface area contributed by atoms with Gasteiger partial charge in [-0.25, -0.2) is 15.0 Å². The van der Waals surface area contributed by atoms with Crippen LogP contribution in [0.25, 0.3) is 0 Å². The maximum Gasteiger partial charge on any atom is 0.274 e. The third-order valence-corrected chi connectivity index (χ3v) is 6.56. The molecule has 1 aliphatic heterocycles. The lowest BCUT2D eigenvalue weighted by Crippen LogP contribution is -2.32. The number of anilines is 1. The number of ether oxygens (including phenoxy) is 2. The van der Waals surface area contributed by atoms with Crippen LogP contribution in [0.1, 0.15) is 64.9 Å². The van der Waals surface area contributed by atoms with Crippen molar-refractivity contribution in [1.82, 2.24) is 15.0 Å². The van der Waals surface area contributed by atoms with Gasteiger partial charge in [0.05, 0.1) is 18.9 Å². The smallest absolute Gasteiger partial charge is 0.274 e. The highest BCUT2D eigenvalue weighted by Gasteiger charge is 2.23. The summed E-state index contributed by atoms with van der Waals surface area (Å²) in [6, 6.07) is 14.1. The number of amides is 2. The van der Waals surface area contributed by atoms with Crippen molar-refractivity contribution in [3.05, 3.63) is 77.9 Å². The number of nitrogens with one attached hydrogen (secondary N) is 1. The topological polar surface area (TPSA) is 106 Å². The molecule has 5 rings (SSSR count). The fourth-order valence-electron chi connectivity index (χ4n) is 4.59. The summed E-state index contributed by atoms with van der Waals surface area (Å²) in [5, 5.41) is 8.97. The zero-order valence-corrected chi connectivity index (χ0v) is 20.7. The first-order valence-electron chi connectivity index (χ1n) is 12.5. The van der Waals surface area contributed by atoms with Crippen LogP contribution < -0.4 is 14.8 Å². The molecule has 37 heavy (non-hydrogen) atoms. The van der Waals surface area contributed by atoms with Crippen LogP contribution in [-0.4, -0.2) is 52.3 Å². The van der Waals surface area contributed by atoms with E-state index in [9.17, 15) is 9.59 Å². The van der Waals surface area contributed by atoms with Gasteiger partial charge < -0.3 is 14.8 Å². The van der Waals surface area contributed by atoms with Crippen LogP contribution in [-0.2, 0) is 0 Å². The molecule has 2 heterocycles. The molecule has 0 atom stereocenters. The minimum atomic E-state index is -0.345. The second-order valence-electron chi connectivity index (χ2n) is 9.09. The quantitative estimate of drug-likeness (QED) is 0.505. The molecule has 1 N–H and O–H groups in total. The Balaban J connectivity index is 1.29. The highest BCUT2D eigenvalue weighted by atomic mass is 16.5. The van der Waals surface area contributed by atoms with Crippen molar-refractivity contribution in [3.63, 3.8) is 0 Å². The number of carbonyl (C=O) groups is 2. The van der Waals surface area contributed by atoms with E-state index in [4.69, 9.17) is 9.47 Å². The van der Waals surface area contributed by atoms with Crippen LogP contribution in [0.5, 0.6) is 11.5 Å². The van der Waals surface area contributed by atoms with Crippen molar-refractivity contribution in [2.24, 2.45) is 5.10 Å². The average molecular weight is 500 g/mol. The fraction of sp³-hybridized carbons (Fsp3) is 0.321. The van der Waals surface area contributed by atoms with E-state index < -0.39 is 0 Å². The number of hydrogen-bond donors (Lipinski definition) is 1. The lowest BCUT2D eigenvalue weighted by Gasteiger charge is -2.24. The van der Waals surface area contributed by atoms with Gasteiger partial charge in [0.2, 0.25) is 0 Å². The number of benzene rings is 2. The molecule has 1 aromatic heterocycles. The summed E-state index contributed by atoms with van der Waals surface area (Å²) in [4.78, 5) is 33.3. The van der Waals surface area contributed by atoms with Crippen LogP contribution in [0.3, 0.4) is 0 Å². The van der Waals surface area contributed by atoms with Crippen molar-refractivity contribution in [2.75, 3.05) is 19.0 Å². The predicted octanol–water partition coefficient (Wildman–Crippen LogP) is 4.70. The van der Waals surface area contributed by atoms with E-state index in [1.807, 2.05) is 18.2 Å². The second kappa shape index (κ2) is 11.2. The molecule has 0 saturated heterocycles. The predicted molar refractivity (Wildman–Crippen MR) is 139 cm³/mol. The molecule has 3 aromatic rings. The number of methoxy groups -OCH3 is 1. The third-order valence-electron chi connectivity index (χ3n) is 6.56. The molecular weight excluding hydrogens is 470 g/mol. The van der Waals surface area contributed by atoms with E-state index >= 15 is 0 Å². The summed E-state index contributed by atoms with van der Waals surface area (Å²) in [5.41, 5.74) is 3.09. The van der Waals surface area contributed by atoms with Crippen molar-refractivity contribution in [2.45, 2.75) is 44.6 Å². The van der Waals surface area contributed by atoms with Gasteiger partial charge >= 0.3 is 0 Å². The Morgan fingerprint density at radius 1 is 1.00 bits per heavy atom. The lowest BCUT2D eigenvalue weighted by atomic mass is 10.0. The number of rotatable bonds is 7. The van der Waals surface area contributed by atoms with Gasteiger partial charge in [-0.2, -0.15) is 5.10 Å². The van der Waals surface area contributed by atoms with Gasteiger partial charge in [0.25, 0.3) is 11.8 Å². The first-order chi connectivity index (χ1) is 18.1. The van der Waals surface area contributed by atoms with Crippen LogP contribution in [0.2, 0.25) is 0 Å². The molecule has 0 radical (unpaired) electrons. The van der Waals surface area contributed by atoms with Gasteiger partial charge in [0, 0.05) is 29.6 Å². The van der Waals surface area contributed by atoms with Crippen molar-refractivity contribution < 1.29 is 19.1 Å². The zero-order valence-electron chi connectivity index (χ0n) is 20.7. The normalized spacial score (nSPS) is 15.7. The molecule has 1 fully saturated rings. The van der Waals surface area contributed by atoms with E-state index in [1.54, 1.807) is 31.4 Å². The molecule has 0 bridgehead atoms. The van der Waals surface area contributed by atoms with E-state index in [0.717, 1.165) is 42.7 Å². The van der Waals surface area contributed by atoms with E-state index in [0.29, 0.717) is 23.5 Å².